The van der Waals surface area contributed by atoms with Crippen LogP contribution in [-0.2, 0) is 0 Å². The average molecular weight is 322 g/mol. The van der Waals surface area contributed by atoms with Crippen molar-refractivity contribution in [3.63, 3.8) is 0 Å². The fourth-order valence-electron chi connectivity index (χ4n) is 2.11. The molecule has 0 radical (unpaired) electrons. The fraction of sp³-hybridized carbons (Fsp3) is 0.214. The molecule has 1 fully saturated rings. The van der Waals surface area contributed by atoms with Crippen LogP contribution in [0.25, 0.3) is 0 Å². The lowest BCUT2D eigenvalue weighted by molar-refractivity contribution is 0.0953. The zero-order valence-corrected chi connectivity index (χ0v) is 12.0. The van der Waals surface area contributed by atoms with Gasteiger partial charge >= 0.3 is 0 Å². The molecule has 1 aromatic heterocycles. The lowest BCUT2D eigenvalue weighted by Gasteiger charge is -2.03. The van der Waals surface area contributed by atoms with E-state index in [9.17, 15) is 4.79 Å². The number of benzene rings is 1. The second-order valence-electron chi connectivity index (χ2n) is 4.43. The Balaban J connectivity index is 1.64. The quantitative estimate of drug-likeness (QED) is 0.915. The van der Waals surface area contributed by atoms with E-state index in [0.29, 0.717) is 5.92 Å². The lowest BCUT2D eigenvalue weighted by atomic mass is 10.1. The van der Waals surface area contributed by atoms with Crippen LogP contribution in [0.5, 0.6) is 0 Å². The molecule has 0 saturated heterocycles. The molecule has 0 spiro atoms. The fourth-order valence-corrected chi connectivity index (χ4v) is 3.57. The Morgan fingerprint density at radius 1 is 1.28 bits per heavy atom. The Morgan fingerprint density at radius 3 is 2.72 bits per heavy atom. The monoisotopic (exact) mass is 321 g/mol. The molecule has 1 heterocycles. The summed E-state index contributed by atoms with van der Waals surface area (Å²) in [5, 5.41) is 5.00. The summed E-state index contributed by atoms with van der Waals surface area (Å²) in [6.45, 7) is 0. The molecular weight excluding hydrogens is 310 g/mol. The first-order valence-electron chi connectivity index (χ1n) is 5.84. The molecule has 1 aromatic carbocycles. The van der Waals surface area contributed by atoms with E-state index in [0.717, 1.165) is 15.8 Å². The number of rotatable bonds is 3. The minimum atomic E-state index is 0.0281. The van der Waals surface area contributed by atoms with E-state index in [1.54, 1.807) is 0 Å². The molecule has 0 aliphatic heterocycles. The van der Waals surface area contributed by atoms with Gasteiger partial charge in [0.05, 0.1) is 0 Å². The first-order valence-corrected chi connectivity index (χ1v) is 7.52. The van der Waals surface area contributed by atoms with Crippen LogP contribution >= 0.6 is 27.3 Å². The van der Waals surface area contributed by atoms with E-state index in [4.69, 9.17) is 0 Å². The van der Waals surface area contributed by atoms with Crippen molar-refractivity contribution >= 4 is 33.2 Å². The molecular formula is C14H12BrNOS. The van der Waals surface area contributed by atoms with Gasteiger partial charge in [-0.2, -0.15) is 0 Å². The summed E-state index contributed by atoms with van der Waals surface area (Å²) in [6.07, 6.45) is 1.04. The van der Waals surface area contributed by atoms with Crippen LogP contribution in [0, 0.1) is 0 Å². The number of thiophene rings is 1. The van der Waals surface area contributed by atoms with Crippen molar-refractivity contribution in [1.29, 1.82) is 0 Å². The van der Waals surface area contributed by atoms with Gasteiger partial charge in [-0.3, -0.25) is 4.79 Å². The van der Waals surface area contributed by atoms with Gasteiger partial charge in [-0.25, -0.2) is 0 Å². The van der Waals surface area contributed by atoms with E-state index in [-0.39, 0.29) is 11.9 Å². The minimum absolute atomic E-state index is 0.0281. The van der Waals surface area contributed by atoms with E-state index >= 15 is 0 Å². The molecule has 18 heavy (non-hydrogen) atoms. The molecule has 2 unspecified atom stereocenters. The topological polar surface area (TPSA) is 29.1 Å². The van der Waals surface area contributed by atoms with Crippen molar-refractivity contribution in [2.45, 2.75) is 18.4 Å². The van der Waals surface area contributed by atoms with Gasteiger partial charge in [-0.05, 0) is 39.4 Å². The van der Waals surface area contributed by atoms with Crippen molar-refractivity contribution in [3.05, 3.63) is 56.7 Å². The number of halogens is 1. The van der Waals surface area contributed by atoms with Crippen LogP contribution in [0.2, 0.25) is 0 Å². The van der Waals surface area contributed by atoms with Gasteiger partial charge < -0.3 is 5.32 Å². The van der Waals surface area contributed by atoms with Crippen molar-refractivity contribution in [2.75, 3.05) is 0 Å². The largest absolute Gasteiger partial charge is 0.348 e. The van der Waals surface area contributed by atoms with Gasteiger partial charge in [0.1, 0.15) is 4.88 Å². The Kier molecular flexibility index (Phi) is 3.22. The van der Waals surface area contributed by atoms with Crippen LogP contribution in [0.3, 0.4) is 0 Å². The van der Waals surface area contributed by atoms with Gasteiger partial charge in [0.15, 0.2) is 0 Å². The zero-order chi connectivity index (χ0) is 12.5. The number of nitrogens with one attached hydrogen (secondary N) is 1. The molecule has 2 nitrogen and oxygen atoms in total. The van der Waals surface area contributed by atoms with Crippen molar-refractivity contribution in [3.8, 4) is 0 Å². The second kappa shape index (κ2) is 4.86. The maximum atomic E-state index is 12.0. The number of hydrogen-bond acceptors (Lipinski definition) is 2. The Labute approximate surface area is 118 Å². The smallest absolute Gasteiger partial charge is 0.262 e. The molecule has 92 valence electrons. The summed E-state index contributed by atoms with van der Waals surface area (Å²) in [5.74, 6) is 0.509. The van der Waals surface area contributed by atoms with Gasteiger partial charge in [0, 0.05) is 16.4 Å². The van der Waals surface area contributed by atoms with E-state index in [1.165, 1.54) is 16.9 Å². The standard InChI is InChI=1S/C14H12BrNOS/c15-11-6-7-18-13(11)14(17)16-12-8-10(12)9-4-2-1-3-5-9/h1-7,10,12H,8H2,(H,16,17). The molecule has 4 heteroatoms. The summed E-state index contributed by atoms with van der Waals surface area (Å²) in [4.78, 5) is 12.8. The Morgan fingerprint density at radius 2 is 2.06 bits per heavy atom. The van der Waals surface area contributed by atoms with Gasteiger partial charge in [-0.1, -0.05) is 30.3 Å². The van der Waals surface area contributed by atoms with Crippen LogP contribution in [0.15, 0.2) is 46.3 Å². The third-order valence-corrected chi connectivity index (χ3v) is 4.99. The maximum Gasteiger partial charge on any atom is 0.262 e. The van der Waals surface area contributed by atoms with Crippen LogP contribution < -0.4 is 5.32 Å². The van der Waals surface area contributed by atoms with Crippen molar-refractivity contribution < 1.29 is 4.79 Å². The molecule has 1 aliphatic carbocycles. The van der Waals surface area contributed by atoms with E-state index < -0.39 is 0 Å². The number of carbonyl (C=O) groups excluding carboxylic acids is 1. The highest BCUT2D eigenvalue weighted by Gasteiger charge is 2.39. The molecule has 2 aromatic rings. The predicted molar refractivity (Wildman–Crippen MR) is 77.1 cm³/mol. The lowest BCUT2D eigenvalue weighted by Crippen LogP contribution is -2.26. The summed E-state index contributed by atoms with van der Waals surface area (Å²) < 4.78 is 0.877. The van der Waals surface area contributed by atoms with Gasteiger partial charge in [-0.15, -0.1) is 11.3 Å². The van der Waals surface area contributed by atoms with E-state index in [2.05, 4.69) is 33.4 Å². The van der Waals surface area contributed by atoms with Crippen LogP contribution in [0.4, 0.5) is 0 Å². The van der Waals surface area contributed by atoms with Crippen molar-refractivity contribution in [2.24, 2.45) is 0 Å². The van der Waals surface area contributed by atoms with Crippen LogP contribution in [0.1, 0.15) is 27.6 Å². The molecule has 3 rings (SSSR count). The highest BCUT2D eigenvalue weighted by molar-refractivity contribution is 9.10. The van der Waals surface area contributed by atoms with Crippen LogP contribution in [-0.4, -0.2) is 11.9 Å². The Bertz CT molecular complexity index is 566. The summed E-state index contributed by atoms with van der Waals surface area (Å²) >= 11 is 4.85. The number of hydrogen-bond donors (Lipinski definition) is 1. The molecule has 2 atom stereocenters. The molecule has 1 amide bonds. The second-order valence-corrected chi connectivity index (χ2v) is 6.20. The van der Waals surface area contributed by atoms with Gasteiger partial charge in [0.25, 0.3) is 5.91 Å². The minimum Gasteiger partial charge on any atom is -0.348 e. The molecule has 0 bridgehead atoms. The maximum absolute atomic E-state index is 12.0. The zero-order valence-electron chi connectivity index (χ0n) is 9.60. The van der Waals surface area contributed by atoms with Crippen molar-refractivity contribution in [1.82, 2.24) is 5.32 Å². The highest BCUT2D eigenvalue weighted by Crippen LogP contribution is 2.41. The molecule has 1 N–H and O–H groups in total. The first-order chi connectivity index (χ1) is 8.75. The summed E-state index contributed by atoms with van der Waals surface area (Å²) in [5.41, 5.74) is 1.31. The third kappa shape index (κ3) is 2.35. The Hall–Kier alpha value is -1.13. The predicted octanol–water partition coefficient (Wildman–Crippen LogP) is 3.80. The highest BCUT2D eigenvalue weighted by atomic mass is 79.9. The first kappa shape index (κ1) is 11.9. The third-order valence-electron chi connectivity index (χ3n) is 3.16. The SMILES string of the molecule is O=C(NC1CC1c1ccccc1)c1sccc1Br. The summed E-state index contributed by atoms with van der Waals surface area (Å²) in [6, 6.07) is 12.5. The summed E-state index contributed by atoms with van der Waals surface area (Å²) in [7, 11) is 0. The average Bonchev–Trinajstić information content (AvgIpc) is 3.01. The number of carbonyl (C=O) groups is 1. The molecule has 1 aliphatic rings. The van der Waals surface area contributed by atoms with E-state index in [1.807, 2.05) is 29.6 Å². The van der Waals surface area contributed by atoms with Gasteiger partial charge in [0.2, 0.25) is 0 Å². The number of amides is 1. The molecule has 1 saturated carbocycles. The normalized spacial score (nSPS) is 21.6.